The molecule has 220 valence electrons. The summed E-state index contributed by atoms with van der Waals surface area (Å²) in [6, 6.07) is 20.9. The van der Waals surface area contributed by atoms with Crippen molar-refractivity contribution < 1.29 is 27.5 Å². The topological polar surface area (TPSA) is 105 Å². The predicted molar refractivity (Wildman–Crippen MR) is 159 cm³/mol. The Hall–Kier alpha value is -4.05. The maximum absolute atomic E-state index is 14.1. The first kappa shape index (κ1) is 31.5. The second-order valence-electron chi connectivity index (χ2n) is 9.96. The molecule has 0 aliphatic carbocycles. The molecule has 9 nitrogen and oxygen atoms in total. The minimum atomic E-state index is -4.16. The zero-order valence-electron chi connectivity index (χ0n) is 24.2. The van der Waals surface area contributed by atoms with Crippen LogP contribution in [0.15, 0.2) is 83.8 Å². The molecule has 0 aliphatic heterocycles. The van der Waals surface area contributed by atoms with Crippen LogP contribution in [0.25, 0.3) is 0 Å². The zero-order valence-corrected chi connectivity index (χ0v) is 25.1. The smallest absolute Gasteiger partial charge is 0.264 e. The summed E-state index contributed by atoms with van der Waals surface area (Å²) in [6.45, 7) is 5.81. The number of hydrogen-bond donors (Lipinski definition) is 1. The average molecular weight is 582 g/mol. The van der Waals surface area contributed by atoms with E-state index in [0.29, 0.717) is 24.5 Å². The number of hydrogen-bond acceptors (Lipinski definition) is 6. The van der Waals surface area contributed by atoms with E-state index in [4.69, 9.17) is 9.47 Å². The van der Waals surface area contributed by atoms with Gasteiger partial charge in [0.15, 0.2) is 0 Å². The average Bonchev–Trinajstić information content (AvgIpc) is 2.99. The Labute approximate surface area is 243 Å². The van der Waals surface area contributed by atoms with Crippen molar-refractivity contribution in [2.45, 2.75) is 44.7 Å². The van der Waals surface area contributed by atoms with E-state index in [1.165, 1.54) is 24.1 Å². The van der Waals surface area contributed by atoms with Crippen molar-refractivity contribution in [3.05, 3.63) is 84.4 Å². The second kappa shape index (κ2) is 14.5. The maximum Gasteiger partial charge on any atom is 0.264 e. The summed E-state index contributed by atoms with van der Waals surface area (Å²) in [6.07, 6.45) is 0.338. The first-order valence-electron chi connectivity index (χ1n) is 13.5. The third-order valence-electron chi connectivity index (χ3n) is 6.51. The van der Waals surface area contributed by atoms with Gasteiger partial charge in [0.1, 0.15) is 24.1 Å². The third-order valence-corrected chi connectivity index (χ3v) is 8.30. The van der Waals surface area contributed by atoms with Gasteiger partial charge < -0.3 is 19.7 Å². The van der Waals surface area contributed by atoms with Crippen molar-refractivity contribution in [3.63, 3.8) is 0 Å². The third kappa shape index (κ3) is 8.23. The molecule has 3 rings (SSSR count). The predicted octanol–water partition coefficient (Wildman–Crippen LogP) is 4.48. The van der Waals surface area contributed by atoms with Gasteiger partial charge in [-0.25, -0.2) is 8.42 Å². The highest BCUT2D eigenvalue weighted by Gasteiger charge is 2.33. The number of anilines is 1. The van der Waals surface area contributed by atoms with Crippen molar-refractivity contribution in [1.82, 2.24) is 10.2 Å². The highest BCUT2D eigenvalue weighted by molar-refractivity contribution is 7.92. The number of nitrogens with one attached hydrogen (secondary N) is 1. The van der Waals surface area contributed by atoms with Crippen LogP contribution in [0.5, 0.6) is 11.5 Å². The van der Waals surface area contributed by atoms with Crippen LogP contribution in [0, 0.1) is 5.92 Å². The highest BCUT2D eigenvalue weighted by atomic mass is 32.2. The van der Waals surface area contributed by atoms with Crippen molar-refractivity contribution in [3.8, 4) is 11.5 Å². The highest BCUT2D eigenvalue weighted by Crippen LogP contribution is 2.28. The number of benzene rings is 3. The largest absolute Gasteiger partial charge is 0.497 e. The molecule has 0 aromatic heterocycles. The van der Waals surface area contributed by atoms with Gasteiger partial charge in [-0.15, -0.1) is 0 Å². The maximum atomic E-state index is 14.1. The van der Waals surface area contributed by atoms with E-state index in [1.54, 1.807) is 67.8 Å². The molecule has 1 N–H and O–H groups in total. The summed E-state index contributed by atoms with van der Waals surface area (Å²) in [5.41, 5.74) is 1.01. The van der Waals surface area contributed by atoms with Gasteiger partial charge in [-0.05, 0) is 54.3 Å². The minimum absolute atomic E-state index is 0.0386. The minimum Gasteiger partial charge on any atom is -0.497 e. The molecule has 41 heavy (non-hydrogen) atoms. The Morgan fingerprint density at radius 2 is 1.51 bits per heavy atom. The van der Waals surface area contributed by atoms with E-state index in [9.17, 15) is 18.0 Å². The Bertz CT molecular complexity index is 1410. The molecule has 0 fully saturated rings. The van der Waals surface area contributed by atoms with Crippen LogP contribution in [0.3, 0.4) is 0 Å². The van der Waals surface area contributed by atoms with E-state index in [2.05, 4.69) is 5.32 Å². The molecule has 0 radical (unpaired) electrons. The van der Waals surface area contributed by atoms with Gasteiger partial charge in [-0.3, -0.25) is 13.9 Å². The summed E-state index contributed by atoms with van der Waals surface area (Å²) in [5.74, 6) is 0.448. The van der Waals surface area contributed by atoms with Crippen LogP contribution >= 0.6 is 0 Å². The van der Waals surface area contributed by atoms with Gasteiger partial charge >= 0.3 is 0 Å². The van der Waals surface area contributed by atoms with E-state index in [1.807, 2.05) is 26.8 Å². The lowest BCUT2D eigenvalue weighted by molar-refractivity contribution is -0.140. The van der Waals surface area contributed by atoms with Gasteiger partial charge in [0.25, 0.3) is 10.0 Å². The van der Waals surface area contributed by atoms with Gasteiger partial charge in [-0.2, -0.15) is 0 Å². The van der Waals surface area contributed by atoms with Crippen molar-refractivity contribution >= 4 is 27.5 Å². The van der Waals surface area contributed by atoms with Crippen LogP contribution in [-0.2, 0) is 26.2 Å². The molecule has 3 aromatic rings. The van der Waals surface area contributed by atoms with Gasteiger partial charge in [0.05, 0.1) is 24.8 Å². The number of rotatable bonds is 14. The molecular weight excluding hydrogens is 542 g/mol. The quantitative estimate of drug-likeness (QED) is 0.301. The molecule has 0 heterocycles. The van der Waals surface area contributed by atoms with E-state index in [-0.39, 0.29) is 29.0 Å². The Balaban J connectivity index is 2.06. The first-order valence-corrected chi connectivity index (χ1v) is 15.0. The molecule has 0 aliphatic rings. The molecule has 1 unspecified atom stereocenters. The van der Waals surface area contributed by atoms with Crippen molar-refractivity contribution in [1.29, 1.82) is 0 Å². The summed E-state index contributed by atoms with van der Waals surface area (Å²) in [7, 11) is -1.12. The number of nitrogens with zero attached hydrogens (tertiary/aromatic N) is 2. The van der Waals surface area contributed by atoms with E-state index in [0.717, 1.165) is 9.87 Å². The monoisotopic (exact) mass is 581 g/mol. The van der Waals surface area contributed by atoms with Crippen molar-refractivity contribution in [2.24, 2.45) is 5.92 Å². The number of amides is 2. The molecule has 0 saturated heterocycles. The molecule has 1 atom stereocenters. The van der Waals surface area contributed by atoms with Crippen LogP contribution < -0.4 is 19.1 Å². The number of carbonyl (C=O) groups is 2. The molecule has 10 heteroatoms. The second-order valence-corrected chi connectivity index (χ2v) is 11.8. The van der Waals surface area contributed by atoms with Gasteiger partial charge in [0, 0.05) is 19.2 Å². The van der Waals surface area contributed by atoms with Gasteiger partial charge in [0.2, 0.25) is 11.8 Å². The summed E-state index contributed by atoms with van der Waals surface area (Å²) < 4.78 is 39.5. The number of sulfonamides is 1. The van der Waals surface area contributed by atoms with E-state index < -0.39 is 28.5 Å². The lowest BCUT2D eigenvalue weighted by Gasteiger charge is -2.33. The molecule has 0 bridgehead atoms. The summed E-state index contributed by atoms with van der Waals surface area (Å²) in [5, 5.41) is 2.93. The fourth-order valence-electron chi connectivity index (χ4n) is 4.32. The number of ether oxygens (including phenoxy) is 2. The molecular formula is C31H39N3O6S. The molecule has 2 amide bonds. The lowest BCUT2D eigenvalue weighted by atomic mass is 10.1. The number of methoxy groups -OCH3 is 2. The van der Waals surface area contributed by atoms with Gasteiger partial charge in [-0.1, -0.05) is 57.2 Å². The van der Waals surface area contributed by atoms with Crippen LogP contribution in [0.4, 0.5) is 5.69 Å². The molecule has 3 aromatic carbocycles. The first-order chi connectivity index (χ1) is 19.6. The zero-order chi connectivity index (χ0) is 30.0. The fourth-order valence-corrected chi connectivity index (χ4v) is 5.75. The molecule has 0 saturated carbocycles. The Morgan fingerprint density at radius 3 is 2.12 bits per heavy atom. The normalized spacial score (nSPS) is 12.0. The molecule has 0 spiro atoms. The Morgan fingerprint density at radius 1 is 0.878 bits per heavy atom. The SMILES string of the molecule is CCC(C(=O)NCC(C)C)N(Cc1cccc(OC)c1)C(=O)CN(c1cccc(OC)c1)S(=O)(=O)c1ccccc1. The van der Waals surface area contributed by atoms with Crippen LogP contribution in [0.2, 0.25) is 0 Å². The summed E-state index contributed by atoms with van der Waals surface area (Å²) >= 11 is 0. The van der Waals surface area contributed by atoms with Crippen LogP contribution in [0.1, 0.15) is 32.8 Å². The standard InChI is InChI=1S/C31H39N3O6S/c1-6-29(31(36)32-20-23(2)3)33(21-24-12-10-14-26(18-24)39-4)30(35)22-34(25-13-11-15-27(19-25)40-5)41(37,38)28-16-8-7-9-17-28/h7-19,23,29H,6,20-22H2,1-5H3,(H,32,36). The fraction of sp³-hybridized carbons (Fsp3) is 0.355. The van der Waals surface area contributed by atoms with Crippen LogP contribution in [-0.4, -0.2) is 58.5 Å². The van der Waals surface area contributed by atoms with Crippen molar-refractivity contribution in [2.75, 3.05) is 31.6 Å². The van der Waals surface area contributed by atoms with E-state index >= 15 is 0 Å². The summed E-state index contributed by atoms with van der Waals surface area (Å²) in [4.78, 5) is 28.9. The number of carbonyl (C=O) groups excluding carboxylic acids is 2. The Kier molecular flexibility index (Phi) is 11.2. The lowest BCUT2D eigenvalue weighted by Crippen LogP contribution is -2.52.